The first kappa shape index (κ1) is 11.7. The molecule has 1 atom stereocenters. The van der Waals surface area contributed by atoms with E-state index in [9.17, 15) is 13.2 Å². The van der Waals surface area contributed by atoms with Crippen LogP contribution in [-0.2, 0) is 0 Å². The van der Waals surface area contributed by atoms with Gasteiger partial charge in [0, 0.05) is 13.0 Å². The molecule has 0 aliphatic heterocycles. The van der Waals surface area contributed by atoms with E-state index in [1.165, 1.54) is 0 Å². The van der Waals surface area contributed by atoms with E-state index in [2.05, 4.69) is 0 Å². The zero-order valence-corrected chi connectivity index (χ0v) is 7.36. The molecule has 0 saturated heterocycles. The van der Waals surface area contributed by atoms with Crippen molar-refractivity contribution >= 4 is 0 Å². The Kier molecular flexibility index (Phi) is 4.55. The average Bonchev–Trinajstić information content (AvgIpc) is 1.82. The number of nitrogens with two attached hydrogens (primary N) is 1. The van der Waals surface area contributed by atoms with Crippen LogP contribution in [0, 0.1) is 5.92 Å². The van der Waals surface area contributed by atoms with Crippen molar-refractivity contribution in [2.24, 2.45) is 11.7 Å². The summed E-state index contributed by atoms with van der Waals surface area (Å²) >= 11 is 0. The van der Waals surface area contributed by atoms with Gasteiger partial charge in [0.1, 0.15) is 0 Å². The fourth-order valence-electron chi connectivity index (χ4n) is 1.07. The maximum atomic E-state index is 11.9. The zero-order chi connectivity index (χ0) is 9.78. The summed E-state index contributed by atoms with van der Waals surface area (Å²) < 4.78 is 35.6. The van der Waals surface area contributed by atoms with Crippen LogP contribution in [0.1, 0.15) is 6.42 Å². The summed E-state index contributed by atoms with van der Waals surface area (Å²) in [5, 5.41) is 0. The molecule has 2 nitrogen and oxygen atoms in total. The molecular weight excluding hydrogens is 169 g/mol. The summed E-state index contributed by atoms with van der Waals surface area (Å²) in [6.07, 6.45) is -4.89. The largest absolute Gasteiger partial charge is 0.389 e. The first-order valence-electron chi connectivity index (χ1n) is 3.76. The van der Waals surface area contributed by atoms with Crippen LogP contribution in [0.2, 0.25) is 0 Å². The smallest absolute Gasteiger partial charge is 0.330 e. The van der Waals surface area contributed by atoms with Crippen LogP contribution in [0.25, 0.3) is 0 Å². The first-order valence-corrected chi connectivity index (χ1v) is 3.76. The SMILES string of the molecule is CN(C)CC(CN)CC(F)(F)F. The molecule has 2 N–H and O–H groups in total. The summed E-state index contributed by atoms with van der Waals surface area (Å²) in [5.74, 6) is -0.486. The van der Waals surface area contributed by atoms with Gasteiger partial charge in [-0.05, 0) is 26.6 Å². The second-order valence-electron chi connectivity index (χ2n) is 3.18. The van der Waals surface area contributed by atoms with Crippen molar-refractivity contribution in [3.05, 3.63) is 0 Å². The van der Waals surface area contributed by atoms with E-state index >= 15 is 0 Å². The molecule has 0 rings (SSSR count). The van der Waals surface area contributed by atoms with Crippen LogP contribution < -0.4 is 5.73 Å². The van der Waals surface area contributed by atoms with Gasteiger partial charge < -0.3 is 10.6 Å². The molecule has 74 valence electrons. The molecule has 0 aliphatic carbocycles. The summed E-state index contributed by atoms with van der Waals surface area (Å²) in [6.45, 7) is 0.466. The third kappa shape index (κ3) is 6.42. The van der Waals surface area contributed by atoms with Gasteiger partial charge >= 0.3 is 6.18 Å². The lowest BCUT2D eigenvalue weighted by Crippen LogP contribution is -2.31. The Morgan fingerprint density at radius 3 is 2.08 bits per heavy atom. The topological polar surface area (TPSA) is 29.3 Å². The van der Waals surface area contributed by atoms with Crippen molar-refractivity contribution in [2.45, 2.75) is 12.6 Å². The number of hydrogen-bond donors (Lipinski definition) is 1. The molecule has 12 heavy (non-hydrogen) atoms. The van der Waals surface area contributed by atoms with Crippen molar-refractivity contribution in [1.82, 2.24) is 4.90 Å². The van der Waals surface area contributed by atoms with Crippen molar-refractivity contribution < 1.29 is 13.2 Å². The Balaban J connectivity index is 3.83. The predicted octanol–water partition coefficient (Wildman–Crippen LogP) is 1.08. The Hall–Kier alpha value is -0.290. The van der Waals surface area contributed by atoms with Crippen LogP contribution in [0.4, 0.5) is 13.2 Å². The fraction of sp³-hybridized carbons (Fsp3) is 1.00. The average molecular weight is 184 g/mol. The fourth-order valence-corrected chi connectivity index (χ4v) is 1.07. The Morgan fingerprint density at radius 2 is 1.83 bits per heavy atom. The minimum absolute atomic E-state index is 0.0810. The second-order valence-corrected chi connectivity index (χ2v) is 3.18. The highest BCUT2D eigenvalue weighted by atomic mass is 19.4. The van der Waals surface area contributed by atoms with Crippen LogP contribution in [0.15, 0.2) is 0 Å². The van der Waals surface area contributed by atoms with Crippen molar-refractivity contribution in [2.75, 3.05) is 27.2 Å². The Bertz CT molecular complexity index is 122. The summed E-state index contributed by atoms with van der Waals surface area (Å²) in [6, 6.07) is 0. The van der Waals surface area contributed by atoms with E-state index in [0.29, 0.717) is 6.54 Å². The number of hydrogen-bond acceptors (Lipinski definition) is 2. The zero-order valence-electron chi connectivity index (χ0n) is 7.36. The van der Waals surface area contributed by atoms with Gasteiger partial charge in [0.05, 0.1) is 0 Å². The van der Waals surface area contributed by atoms with Crippen LogP contribution in [0.3, 0.4) is 0 Å². The number of nitrogens with zero attached hydrogens (tertiary/aromatic N) is 1. The van der Waals surface area contributed by atoms with E-state index in [4.69, 9.17) is 5.73 Å². The quantitative estimate of drug-likeness (QED) is 0.708. The predicted molar refractivity (Wildman–Crippen MR) is 41.8 cm³/mol. The normalized spacial score (nSPS) is 15.2. The monoisotopic (exact) mass is 184 g/mol. The van der Waals surface area contributed by atoms with Gasteiger partial charge in [-0.25, -0.2) is 0 Å². The maximum Gasteiger partial charge on any atom is 0.389 e. The summed E-state index contributed by atoms with van der Waals surface area (Å²) in [5.41, 5.74) is 5.20. The number of rotatable bonds is 4. The molecule has 0 aromatic heterocycles. The first-order chi connectivity index (χ1) is 5.35. The minimum atomic E-state index is -4.10. The van der Waals surface area contributed by atoms with Gasteiger partial charge in [-0.2, -0.15) is 13.2 Å². The molecule has 0 aromatic carbocycles. The standard InChI is InChI=1S/C7H15F3N2/c1-12(2)5-6(4-11)3-7(8,9)10/h6H,3-5,11H2,1-2H3. The molecule has 0 fully saturated rings. The molecule has 0 heterocycles. The lowest BCUT2D eigenvalue weighted by Gasteiger charge is -2.20. The molecule has 0 amide bonds. The molecule has 0 saturated carbocycles. The molecular formula is C7H15F3N2. The maximum absolute atomic E-state index is 11.9. The van der Waals surface area contributed by atoms with Crippen molar-refractivity contribution in [3.8, 4) is 0 Å². The number of alkyl halides is 3. The van der Waals surface area contributed by atoms with Crippen LogP contribution in [0.5, 0.6) is 0 Å². The van der Waals surface area contributed by atoms with E-state index in [-0.39, 0.29) is 6.54 Å². The molecule has 0 bridgehead atoms. The van der Waals surface area contributed by atoms with Gasteiger partial charge in [0.15, 0.2) is 0 Å². The molecule has 0 spiro atoms. The van der Waals surface area contributed by atoms with Crippen LogP contribution in [-0.4, -0.2) is 38.3 Å². The molecule has 5 heteroatoms. The van der Waals surface area contributed by atoms with E-state index in [0.717, 1.165) is 0 Å². The molecule has 1 unspecified atom stereocenters. The van der Waals surface area contributed by atoms with Crippen molar-refractivity contribution in [1.29, 1.82) is 0 Å². The molecule has 0 aliphatic rings. The number of halogens is 3. The van der Waals surface area contributed by atoms with Gasteiger partial charge in [0.25, 0.3) is 0 Å². The van der Waals surface area contributed by atoms with Gasteiger partial charge in [-0.3, -0.25) is 0 Å². The van der Waals surface area contributed by atoms with Crippen LogP contribution >= 0.6 is 0 Å². The van der Waals surface area contributed by atoms with Gasteiger partial charge in [-0.15, -0.1) is 0 Å². The highest BCUT2D eigenvalue weighted by molar-refractivity contribution is 4.67. The third-order valence-electron chi connectivity index (χ3n) is 1.48. The lowest BCUT2D eigenvalue weighted by atomic mass is 10.1. The summed E-state index contributed by atoms with van der Waals surface area (Å²) in [4.78, 5) is 1.71. The second kappa shape index (κ2) is 4.67. The lowest BCUT2D eigenvalue weighted by molar-refractivity contribution is -0.144. The van der Waals surface area contributed by atoms with E-state index < -0.39 is 18.5 Å². The minimum Gasteiger partial charge on any atom is -0.330 e. The van der Waals surface area contributed by atoms with Gasteiger partial charge in [0.2, 0.25) is 0 Å². The molecule has 0 aromatic rings. The molecule has 0 radical (unpaired) electrons. The van der Waals surface area contributed by atoms with Gasteiger partial charge in [-0.1, -0.05) is 0 Å². The van der Waals surface area contributed by atoms with E-state index in [1.54, 1.807) is 19.0 Å². The highest BCUT2D eigenvalue weighted by Gasteiger charge is 2.31. The van der Waals surface area contributed by atoms with Crippen molar-refractivity contribution in [3.63, 3.8) is 0 Å². The Morgan fingerprint density at radius 1 is 1.33 bits per heavy atom. The van der Waals surface area contributed by atoms with E-state index in [1.807, 2.05) is 0 Å². The third-order valence-corrected chi connectivity index (χ3v) is 1.48. The highest BCUT2D eigenvalue weighted by Crippen LogP contribution is 2.24. The Labute approximate surface area is 70.5 Å². The summed E-state index contributed by atoms with van der Waals surface area (Å²) in [7, 11) is 3.47.